The first-order valence-electron chi connectivity index (χ1n) is 35.9. The van der Waals surface area contributed by atoms with Gasteiger partial charge in [-0.1, -0.05) is 128 Å². The second kappa shape index (κ2) is 37.6. The van der Waals surface area contributed by atoms with Gasteiger partial charge in [-0.25, -0.2) is 23.7 Å². The second-order valence-corrected chi connectivity index (χ2v) is 34.0. The van der Waals surface area contributed by atoms with Gasteiger partial charge in [0.1, 0.15) is 57.7 Å². The number of halogens is 2. The third-order valence-corrected chi connectivity index (χ3v) is 23.1. The molecule has 3 unspecified atom stereocenters. The Hall–Kier alpha value is -11.2. The molecular formula is C80H84F2N8O20P2S2. The van der Waals surface area contributed by atoms with Crippen molar-refractivity contribution in [3.05, 3.63) is 263 Å². The summed E-state index contributed by atoms with van der Waals surface area (Å²) >= 11 is 0. The van der Waals surface area contributed by atoms with Crippen LogP contribution in [0.1, 0.15) is 115 Å². The van der Waals surface area contributed by atoms with Crippen molar-refractivity contribution in [2.24, 2.45) is 0 Å². The highest BCUT2D eigenvalue weighted by molar-refractivity contribution is 7.85. The van der Waals surface area contributed by atoms with E-state index < -0.39 is 107 Å². The standard InChI is InChI=1S/C36H32FN3O7S.C31H32FN4O8PS.C13H20NO5P/c1-36(2,3)46-35(42)39-48(43,44)47-32-27-15-10-20-38-30(27)33(45-31(24-11-6-4-7-12-24)25-13-8-5-9-14-25)29-28(32)22-40(34(29)41)21-23-16-18-26(37)19-17-23;1-3-26(37)20(2)35-45(40,43-23-8-5-4-6-9-23)17-16-34-46(41,42)44-30-24-10-7-15-33-28(24)29(38)27-25(30)19-36(31(27)39)18-21-11-13-22(32)14-12-21;1-3-18-13(16)11(2)14-20(17,10-9-15)19-12-7-5-4-6-8-12/h4-20,31H,21-22H2,1-3H3,(H,39,42);4-15,20,34,38H,3,16-19H2,1-2H3,(H,35,40);4-8,11,15H,3,9-10H2,1-2H3,(H,14,17)/t;20-,45?;/m.0./s1. The zero-order valence-electron chi connectivity index (χ0n) is 62.9. The molecule has 12 rings (SSSR count). The van der Waals surface area contributed by atoms with E-state index in [2.05, 4.69) is 24.9 Å². The number of pyridine rings is 2. The van der Waals surface area contributed by atoms with E-state index in [9.17, 15) is 63.8 Å². The van der Waals surface area contributed by atoms with Crippen molar-refractivity contribution >= 4 is 87.1 Å². The van der Waals surface area contributed by atoms with Crippen LogP contribution in [0.5, 0.6) is 34.5 Å². The molecule has 0 saturated heterocycles. The molecule has 0 radical (unpaired) electrons. The Labute approximate surface area is 657 Å². The van der Waals surface area contributed by atoms with Crippen LogP contribution in [0.25, 0.3) is 21.8 Å². The van der Waals surface area contributed by atoms with Gasteiger partial charge in [0, 0.05) is 60.3 Å². The average Bonchev–Trinajstić information content (AvgIpc) is 1.54. The molecule has 2 aliphatic rings. The fourth-order valence-electron chi connectivity index (χ4n) is 12.1. The van der Waals surface area contributed by atoms with Gasteiger partial charge in [0.05, 0.1) is 55.8 Å². The van der Waals surface area contributed by atoms with Crippen LogP contribution in [0.2, 0.25) is 0 Å². The van der Waals surface area contributed by atoms with Gasteiger partial charge in [0.25, 0.3) is 11.8 Å². The Balaban J connectivity index is 0.000000196. The molecule has 2 aromatic heterocycles. The number of nitrogens with zero attached hydrogens (tertiary/aromatic N) is 4. The van der Waals surface area contributed by atoms with E-state index in [0.717, 1.165) is 11.1 Å². The van der Waals surface area contributed by atoms with Crippen molar-refractivity contribution in [3.63, 3.8) is 0 Å². The Bertz CT molecular complexity index is 5400. The number of nitrogens with one attached hydrogen (secondary N) is 4. The summed E-state index contributed by atoms with van der Waals surface area (Å²) in [5.41, 5.74) is 2.28. The number of para-hydroxylation sites is 2. The van der Waals surface area contributed by atoms with Crippen LogP contribution < -0.4 is 41.8 Å². The number of ketones is 1. The smallest absolute Gasteiger partial charge is 0.424 e. The number of hydrogen-bond acceptors (Lipinski definition) is 22. The minimum Gasteiger partial charge on any atom is -0.505 e. The lowest BCUT2D eigenvalue weighted by atomic mass is 9.99. The minimum atomic E-state index is -4.80. The lowest BCUT2D eigenvalue weighted by molar-refractivity contribution is -0.144. The molecule has 4 heterocycles. The molecule has 0 saturated carbocycles. The van der Waals surface area contributed by atoms with Crippen LogP contribution >= 0.6 is 15.0 Å². The third-order valence-electron chi connectivity index (χ3n) is 17.2. The molecule has 28 nitrogen and oxygen atoms in total. The zero-order valence-corrected chi connectivity index (χ0v) is 66.4. The first kappa shape index (κ1) is 85.2. The number of esters is 1. The van der Waals surface area contributed by atoms with Crippen LogP contribution in [-0.4, -0.2) is 126 Å². The molecule has 4 atom stereocenters. The number of benzene rings is 8. The molecule has 0 bridgehead atoms. The maximum Gasteiger partial charge on any atom is 0.424 e. The number of fused-ring (bicyclic) bond motifs is 4. The summed E-state index contributed by atoms with van der Waals surface area (Å²) in [7, 11) is -16.6. The molecule has 8 aromatic carbocycles. The van der Waals surface area contributed by atoms with Crippen molar-refractivity contribution in [2.75, 3.05) is 32.1 Å². The first-order valence-corrected chi connectivity index (χ1v) is 42.3. The molecule has 34 heteroatoms. The van der Waals surface area contributed by atoms with Crippen LogP contribution in [0.4, 0.5) is 13.6 Å². The molecule has 0 fully saturated rings. The maximum absolute atomic E-state index is 14.3. The normalized spacial score (nSPS) is 14.2. The van der Waals surface area contributed by atoms with E-state index in [-0.39, 0.29) is 131 Å². The molecule has 600 valence electrons. The highest BCUT2D eigenvalue weighted by atomic mass is 32.2. The SMILES string of the molecule is CC(C)(C)OC(=O)NS(=O)(=O)Oc1c2c(c(OC(c3ccccc3)c3ccccc3)c3ncccc13)C(=O)N(Cc1ccc(F)cc1)C2.CCC(=O)[C@H](C)NP(=O)(CCNS(=O)(=O)Oc1c2c(c(O)c3ncccc13)C(=O)N(Cc1ccc(F)cc1)C2)Oc1ccccc1.CCOC(=O)C(C)NP(=O)(CCO)Oc1ccccc1. The third kappa shape index (κ3) is 22.4. The second-order valence-electron chi connectivity index (χ2n) is 26.9. The molecule has 114 heavy (non-hydrogen) atoms. The number of aromatic hydroxyl groups is 1. The maximum atomic E-state index is 14.3. The number of phenols is 1. The van der Waals surface area contributed by atoms with Crippen molar-refractivity contribution in [1.82, 2.24) is 39.4 Å². The number of aromatic nitrogens is 2. The number of Topliss-reactive ketones (excluding diaryl/α,β-unsaturated/α-hetero) is 1. The Morgan fingerprint density at radius 2 is 1.03 bits per heavy atom. The number of ether oxygens (including phenoxy) is 3. The van der Waals surface area contributed by atoms with E-state index in [1.54, 1.807) is 131 Å². The molecule has 0 spiro atoms. The molecular weight excluding hydrogens is 1560 g/mol. The van der Waals surface area contributed by atoms with Crippen LogP contribution in [-0.2, 0) is 75.0 Å². The lowest BCUT2D eigenvalue weighted by Gasteiger charge is -2.24. The summed E-state index contributed by atoms with van der Waals surface area (Å²) in [5.74, 6) is -2.64. The number of hydrogen-bond donors (Lipinski definition) is 6. The zero-order chi connectivity index (χ0) is 82.1. The summed E-state index contributed by atoms with van der Waals surface area (Å²) < 4.78 is 150. The van der Waals surface area contributed by atoms with Crippen molar-refractivity contribution in [1.29, 1.82) is 0 Å². The van der Waals surface area contributed by atoms with Crippen molar-refractivity contribution in [2.45, 2.75) is 105 Å². The summed E-state index contributed by atoms with van der Waals surface area (Å²) in [6, 6.07) is 51.7. The quantitative estimate of drug-likeness (QED) is 0.0174. The van der Waals surface area contributed by atoms with E-state index in [4.69, 9.17) is 36.7 Å². The number of aliphatic hydroxyl groups excluding tert-OH is 1. The van der Waals surface area contributed by atoms with Gasteiger partial charge in [0.2, 0.25) is 0 Å². The average molecular weight is 1640 g/mol. The first-order chi connectivity index (χ1) is 54.3. The molecule has 0 aliphatic carbocycles. The summed E-state index contributed by atoms with van der Waals surface area (Å²) in [6.45, 7) is 10.7. The van der Waals surface area contributed by atoms with Gasteiger partial charge >= 0.3 is 47.7 Å². The van der Waals surface area contributed by atoms with E-state index in [1.807, 2.05) is 60.7 Å². The number of carbonyl (C=O) groups is 5. The fraction of sp³-hybridized carbons (Fsp3) is 0.263. The van der Waals surface area contributed by atoms with Gasteiger partial charge in [-0.05, 0) is 137 Å². The van der Waals surface area contributed by atoms with Gasteiger partial charge in [0.15, 0.2) is 23.0 Å². The largest absolute Gasteiger partial charge is 0.505 e. The molecule has 2 aliphatic heterocycles. The van der Waals surface area contributed by atoms with Gasteiger partial charge < -0.3 is 51.6 Å². The van der Waals surface area contributed by atoms with Crippen molar-refractivity contribution < 1.29 is 101 Å². The van der Waals surface area contributed by atoms with Gasteiger partial charge in [-0.3, -0.25) is 38.3 Å². The Morgan fingerprint density at radius 3 is 1.51 bits per heavy atom. The van der Waals surface area contributed by atoms with E-state index in [0.29, 0.717) is 16.9 Å². The Morgan fingerprint density at radius 1 is 0.579 bits per heavy atom. The van der Waals surface area contributed by atoms with Gasteiger partial charge in [-0.15, -0.1) is 0 Å². The number of rotatable bonds is 31. The van der Waals surface area contributed by atoms with E-state index >= 15 is 0 Å². The Kier molecular flexibility index (Phi) is 28.1. The molecule has 10 aromatic rings. The van der Waals surface area contributed by atoms with Crippen LogP contribution in [0.15, 0.2) is 207 Å². The van der Waals surface area contributed by atoms with Crippen LogP contribution in [0, 0.1) is 11.6 Å². The predicted molar refractivity (Wildman–Crippen MR) is 420 cm³/mol. The van der Waals surface area contributed by atoms with E-state index in [1.165, 1.54) is 77.6 Å². The molecule has 6 N–H and O–H groups in total. The van der Waals surface area contributed by atoms with Gasteiger partial charge in [-0.2, -0.15) is 26.3 Å². The predicted octanol–water partition coefficient (Wildman–Crippen LogP) is 13.3. The van der Waals surface area contributed by atoms with Crippen molar-refractivity contribution in [3.8, 4) is 34.5 Å². The number of phenolic OH excluding ortho intramolecular Hbond substituents is 1. The number of aliphatic hydroxyl groups is 1. The summed E-state index contributed by atoms with van der Waals surface area (Å²) in [4.78, 5) is 75.4. The fourth-order valence-corrected chi connectivity index (χ4v) is 17.3. The van der Waals surface area contributed by atoms with Crippen LogP contribution in [0.3, 0.4) is 0 Å². The number of amides is 3. The number of carbonyl (C=O) groups excluding carboxylic acids is 5. The summed E-state index contributed by atoms with van der Waals surface area (Å²) in [6.07, 6.45) is 0.728. The lowest BCUT2D eigenvalue weighted by Crippen LogP contribution is -2.38. The highest BCUT2D eigenvalue weighted by Crippen LogP contribution is 2.49. The summed E-state index contributed by atoms with van der Waals surface area (Å²) in [5, 5.41) is 25.8. The highest BCUT2D eigenvalue weighted by Gasteiger charge is 2.41. The molecule has 3 amide bonds. The minimum absolute atomic E-state index is 0.0389. The monoisotopic (exact) mass is 1640 g/mol. The topological polar surface area (TPSA) is 373 Å².